The second-order valence-corrected chi connectivity index (χ2v) is 5.22. The van der Waals surface area contributed by atoms with E-state index in [2.05, 4.69) is 15.0 Å². The van der Waals surface area contributed by atoms with Crippen molar-refractivity contribution in [2.45, 2.75) is 13.0 Å². The van der Waals surface area contributed by atoms with E-state index in [0.717, 1.165) is 18.7 Å². The Hall–Kier alpha value is -1.14. The van der Waals surface area contributed by atoms with Crippen LogP contribution in [0.5, 0.6) is 0 Å². The van der Waals surface area contributed by atoms with E-state index < -0.39 is 10.8 Å². The van der Waals surface area contributed by atoms with Crippen LogP contribution in [0.4, 0.5) is 0 Å². The van der Waals surface area contributed by atoms with Crippen molar-refractivity contribution in [3.8, 4) is 0 Å². The van der Waals surface area contributed by atoms with Crippen LogP contribution in [0.1, 0.15) is 22.5 Å². The third kappa shape index (κ3) is 4.70. The first-order valence-corrected chi connectivity index (χ1v) is 7.13. The minimum absolute atomic E-state index is 0.335. The summed E-state index contributed by atoms with van der Waals surface area (Å²) in [5.74, 6) is 0.361. The molecular formula is C11H18N2O3S. The number of aromatic nitrogens is 1. The van der Waals surface area contributed by atoms with Gasteiger partial charge in [0.15, 0.2) is 0 Å². The van der Waals surface area contributed by atoms with Crippen molar-refractivity contribution in [3.05, 3.63) is 23.5 Å². The van der Waals surface area contributed by atoms with Gasteiger partial charge in [0.05, 0.1) is 12.7 Å². The third-order valence-electron chi connectivity index (χ3n) is 2.33. The summed E-state index contributed by atoms with van der Waals surface area (Å²) in [4.78, 5) is 14.4. The molecule has 0 radical (unpaired) electrons. The zero-order valence-corrected chi connectivity index (χ0v) is 10.9. The number of rotatable bonds is 7. The Kier molecular flexibility index (Phi) is 5.93. The average Bonchev–Trinajstić information content (AvgIpc) is 2.75. The Morgan fingerprint density at radius 2 is 2.35 bits per heavy atom. The summed E-state index contributed by atoms with van der Waals surface area (Å²) in [6, 6.07) is 1.70. The van der Waals surface area contributed by atoms with Crippen LogP contribution in [-0.2, 0) is 22.1 Å². The summed E-state index contributed by atoms with van der Waals surface area (Å²) >= 11 is 0. The topological polar surface area (TPSA) is 71.2 Å². The molecule has 0 bridgehead atoms. The van der Waals surface area contributed by atoms with E-state index in [1.165, 1.54) is 7.11 Å². The third-order valence-corrected chi connectivity index (χ3v) is 3.19. The van der Waals surface area contributed by atoms with E-state index in [4.69, 9.17) is 0 Å². The van der Waals surface area contributed by atoms with Gasteiger partial charge in [0.1, 0.15) is 0 Å². The lowest BCUT2D eigenvalue weighted by atomic mass is 10.2. The fourth-order valence-corrected chi connectivity index (χ4v) is 2.02. The summed E-state index contributed by atoms with van der Waals surface area (Å²) in [6.07, 6.45) is 4.27. The molecule has 1 unspecified atom stereocenters. The van der Waals surface area contributed by atoms with E-state index in [-0.39, 0.29) is 5.97 Å². The minimum atomic E-state index is -0.741. The Morgan fingerprint density at radius 3 is 3.00 bits per heavy atom. The Balaban J connectivity index is 2.34. The van der Waals surface area contributed by atoms with Gasteiger partial charge in [-0.2, -0.15) is 0 Å². The first kappa shape index (κ1) is 13.9. The summed E-state index contributed by atoms with van der Waals surface area (Å²) in [7, 11) is 0.623. The predicted octanol–water partition coefficient (Wildman–Crippen LogP) is 0.659. The van der Waals surface area contributed by atoms with Crippen LogP contribution in [0.2, 0.25) is 0 Å². The van der Waals surface area contributed by atoms with Gasteiger partial charge in [-0.15, -0.1) is 0 Å². The maximum absolute atomic E-state index is 11.4. The zero-order valence-electron chi connectivity index (χ0n) is 10.1. The van der Waals surface area contributed by atoms with Crippen molar-refractivity contribution in [2.75, 3.05) is 25.7 Å². The molecule has 1 aromatic rings. The molecule has 0 fully saturated rings. The van der Waals surface area contributed by atoms with E-state index >= 15 is 0 Å². The number of carbonyl (C=O) groups is 1. The number of H-pyrrole nitrogens is 1. The molecule has 1 aromatic heterocycles. The Labute approximate surface area is 103 Å². The molecular weight excluding hydrogens is 240 g/mol. The highest BCUT2D eigenvalue weighted by Gasteiger charge is 2.11. The van der Waals surface area contributed by atoms with Gasteiger partial charge in [-0.3, -0.25) is 4.21 Å². The van der Waals surface area contributed by atoms with Crippen molar-refractivity contribution in [3.63, 3.8) is 0 Å². The van der Waals surface area contributed by atoms with Gasteiger partial charge in [-0.1, -0.05) is 0 Å². The average molecular weight is 258 g/mol. The molecule has 2 N–H and O–H groups in total. The summed E-state index contributed by atoms with van der Waals surface area (Å²) in [6.45, 7) is 1.35. The van der Waals surface area contributed by atoms with Gasteiger partial charge in [0.25, 0.3) is 0 Å². The van der Waals surface area contributed by atoms with Gasteiger partial charge in [0.2, 0.25) is 0 Å². The Morgan fingerprint density at radius 1 is 1.59 bits per heavy atom. The summed E-state index contributed by atoms with van der Waals surface area (Å²) in [5, 5.41) is 3.19. The molecule has 6 heteroatoms. The number of methoxy groups -OCH3 is 1. The molecule has 96 valence electrons. The first-order chi connectivity index (χ1) is 8.15. The molecule has 0 amide bonds. The van der Waals surface area contributed by atoms with Crippen molar-refractivity contribution >= 4 is 16.8 Å². The van der Waals surface area contributed by atoms with Crippen LogP contribution < -0.4 is 5.32 Å². The van der Waals surface area contributed by atoms with Crippen LogP contribution in [-0.4, -0.2) is 40.8 Å². The fourth-order valence-electron chi connectivity index (χ4n) is 1.47. The summed E-state index contributed by atoms with van der Waals surface area (Å²) < 4.78 is 15.5. The molecule has 1 atom stereocenters. The first-order valence-electron chi connectivity index (χ1n) is 5.40. The molecule has 0 spiro atoms. The maximum Gasteiger partial charge on any atom is 0.339 e. The highest BCUT2D eigenvalue weighted by molar-refractivity contribution is 7.84. The van der Waals surface area contributed by atoms with Crippen LogP contribution >= 0.6 is 0 Å². The minimum Gasteiger partial charge on any atom is -0.465 e. The monoisotopic (exact) mass is 258 g/mol. The van der Waals surface area contributed by atoms with Crippen molar-refractivity contribution in [1.29, 1.82) is 0 Å². The van der Waals surface area contributed by atoms with Crippen LogP contribution in [0.15, 0.2) is 12.3 Å². The lowest BCUT2D eigenvalue weighted by molar-refractivity contribution is 0.0599. The van der Waals surface area contributed by atoms with Crippen molar-refractivity contribution < 1.29 is 13.7 Å². The second kappa shape index (κ2) is 7.24. The zero-order chi connectivity index (χ0) is 12.7. The fraction of sp³-hybridized carbons (Fsp3) is 0.545. The van der Waals surface area contributed by atoms with Gasteiger partial charge in [-0.05, 0) is 19.0 Å². The lowest BCUT2D eigenvalue weighted by Gasteiger charge is -2.04. The SMILES string of the molecule is COC(=O)c1cc[nH]c1CNCCCS(C)=O. The molecule has 1 rings (SSSR count). The molecule has 0 aromatic carbocycles. The van der Waals surface area contributed by atoms with Crippen molar-refractivity contribution in [2.24, 2.45) is 0 Å². The van der Waals surface area contributed by atoms with Crippen LogP contribution in [0, 0.1) is 0 Å². The molecule has 0 saturated heterocycles. The summed E-state index contributed by atoms with van der Waals surface area (Å²) in [5.41, 5.74) is 1.37. The highest BCUT2D eigenvalue weighted by Crippen LogP contribution is 2.07. The van der Waals surface area contributed by atoms with Crippen LogP contribution in [0.3, 0.4) is 0 Å². The number of ether oxygens (including phenoxy) is 1. The molecule has 17 heavy (non-hydrogen) atoms. The number of nitrogens with one attached hydrogen (secondary N) is 2. The molecule has 5 nitrogen and oxygen atoms in total. The normalized spacial score (nSPS) is 12.4. The van der Waals surface area contributed by atoms with E-state index in [1.807, 2.05) is 0 Å². The smallest absolute Gasteiger partial charge is 0.339 e. The van der Waals surface area contributed by atoms with Gasteiger partial charge in [-0.25, -0.2) is 4.79 Å². The van der Waals surface area contributed by atoms with Gasteiger partial charge >= 0.3 is 5.97 Å². The number of esters is 1. The Bertz CT molecular complexity index is 390. The predicted molar refractivity (Wildman–Crippen MR) is 67.4 cm³/mol. The van der Waals surface area contributed by atoms with Gasteiger partial charge in [0, 0.05) is 41.2 Å². The quantitative estimate of drug-likeness (QED) is 0.557. The number of hydrogen-bond donors (Lipinski definition) is 2. The number of aromatic amines is 1. The van der Waals surface area contributed by atoms with E-state index in [9.17, 15) is 9.00 Å². The molecule has 0 aliphatic rings. The maximum atomic E-state index is 11.4. The molecule has 0 aliphatic carbocycles. The second-order valence-electron chi connectivity index (χ2n) is 3.67. The largest absolute Gasteiger partial charge is 0.465 e. The molecule has 0 aliphatic heterocycles. The lowest BCUT2D eigenvalue weighted by Crippen LogP contribution is -2.18. The molecule has 1 heterocycles. The van der Waals surface area contributed by atoms with Gasteiger partial charge < -0.3 is 15.0 Å². The number of carbonyl (C=O) groups excluding carboxylic acids is 1. The number of hydrogen-bond acceptors (Lipinski definition) is 4. The van der Waals surface area contributed by atoms with E-state index in [0.29, 0.717) is 17.9 Å². The van der Waals surface area contributed by atoms with Crippen LogP contribution in [0.25, 0.3) is 0 Å². The van der Waals surface area contributed by atoms with Crippen molar-refractivity contribution in [1.82, 2.24) is 10.3 Å². The molecule has 0 saturated carbocycles. The highest BCUT2D eigenvalue weighted by atomic mass is 32.2. The standard InChI is InChI=1S/C11H18N2O3S/c1-16-11(14)9-4-6-13-10(9)8-12-5-3-7-17(2)15/h4,6,12-13H,3,5,7-8H2,1-2H3. The van der Waals surface area contributed by atoms with E-state index in [1.54, 1.807) is 18.5 Å².